The third-order valence-corrected chi connectivity index (χ3v) is 8.69. The second-order valence-corrected chi connectivity index (χ2v) is 10.5. The Balaban J connectivity index is 0.00000289. The van der Waals surface area contributed by atoms with Crippen LogP contribution in [0.4, 0.5) is 0 Å². The number of ether oxygens (including phenoxy) is 2. The zero-order valence-corrected chi connectivity index (χ0v) is 23.8. The van der Waals surface area contributed by atoms with Crippen molar-refractivity contribution >= 4 is 11.8 Å². The Kier molecular flexibility index (Phi) is 6.72. The van der Waals surface area contributed by atoms with Crippen LogP contribution >= 0.6 is 0 Å². The summed E-state index contributed by atoms with van der Waals surface area (Å²) in [6, 6.07) is 0. The zero-order chi connectivity index (χ0) is 23.3. The molecule has 1 saturated heterocycles. The molecule has 10 heteroatoms. The van der Waals surface area contributed by atoms with Gasteiger partial charge in [0.1, 0.15) is 23.4 Å². The number of Topliss-reactive ketones (excluding diaryl/α,β-unsaturated/α-hetero) is 1. The molecule has 0 amide bonds. The number of hydrogen-bond acceptors (Lipinski definition) is 9. The van der Waals surface area contributed by atoms with Crippen LogP contribution in [0, 0.1) is 60.8 Å². The largest absolute Gasteiger partial charge is 0.459 e. The molecule has 0 spiro atoms. The minimum Gasteiger partial charge on any atom is -0.459 e. The molecule has 1 heterocycles. The molecule has 1 aliphatic heterocycles. The topological polar surface area (TPSA) is 154 Å². The van der Waals surface area contributed by atoms with Crippen molar-refractivity contribution in [3.63, 3.8) is 0 Å². The summed E-state index contributed by atoms with van der Waals surface area (Å²) in [6.45, 7) is 7.23. The molecule has 1 radical (unpaired) electrons. The van der Waals surface area contributed by atoms with Crippen LogP contribution in [0.25, 0.3) is 0 Å². The van der Waals surface area contributed by atoms with Crippen molar-refractivity contribution in [1.29, 1.82) is 0 Å². The SMILES string of the molecule is CC(=O)O[C@H]1[C@@H]2[C@]3(O)CO[C@@H]3C[C@H](O)[C@@]2(C)C(=O)[C@H](O)C2=C(C)[C@@H](O)C[C@]1(O)C2(C)C.[Ac]. The van der Waals surface area contributed by atoms with Gasteiger partial charge in [-0.3, -0.25) is 9.59 Å². The maximum Gasteiger partial charge on any atom is 0.303 e. The quantitative estimate of drug-likeness (QED) is 0.179. The molecule has 4 aliphatic rings. The first-order valence-corrected chi connectivity index (χ1v) is 10.7. The van der Waals surface area contributed by atoms with Gasteiger partial charge in [-0.1, -0.05) is 13.8 Å². The predicted molar refractivity (Wildman–Crippen MR) is 106 cm³/mol. The fourth-order valence-electron chi connectivity index (χ4n) is 6.69. The molecule has 0 unspecified atom stereocenters. The zero-order valence-electron chi connectivity index (χ0n) is 19.0. The van der Waals surface area contributed by atoms with Crippen LogP contribution in [-0.2, 0) is 19.1 Å². The third-order valence-electron chi connectivity index (χ3n) is 8.69. The third kappa shape index (κ3) is 3.14. The molecular formula is C22H32AcO9. The predicted octanol–water partition coefficient (Wildman–Crippen LogP) is -0.783. The molecule has 5 N–H and O–H groups in total. The Morgan fingerprint density at radius 2 is 1.75 bits per heavy atom. The molecule has 9 atom stereocenters. The summed E-state index contributed by atoms with van der Waals surface area (Å²) in [5.74, 6) is -2.77. The van der Waals surface area contributed by atoms with E-state index in [-0.39, 0.29) is 69.1 Å². The van der Waals surface area contributed by atoms with E-state index in [1.807, 2.05) is 0 Å². The van der Waals surface area contributed by atoms with Gasteiger partial charge in [-0.25, -0.2) is 0 Å². The maximum absolute atomic E-state index is 13.8. The summed E-state index contributed by atoms with van der Waals surface area (Å²) in [5, 5.41) is 56.7. The number of aliphatic hydroxyl groups excluding tert-OH is 3. The second-order valence-electron chi connectivity index (χ2n) is 10.5. The van der Waals surface area contributed by atoms with E-state index in [1.165, 1.54) is 6.92 Å². The van der Waals surface area contributed by atoms with E-state index in [2.05, 4.69) is 0 Å². The normalized spacial score (nSPS) is 49.5. The molecule has 177 valence electrons. The standard InChI is InChI=1S/C22H32O9.Ac/c1-9-11(24)7-22(29)18(31-10(2)23)16-20(5,12(25)6-13-21(16,28)8-30-13)17(27)15(26)14(9)19(22,3)4;/h11-13,15-16,18,24-26,28-29H,6-8H2,1-5H3;/t11-,12-,13+,15+,16-,18-,20+,21-,22+;/m0./s1. The van der Waals surface area contributed by atoms with E-state index in [0.29, 0.717) is 5.57 Å². The number of carbonyl (C=O) groups is 2. The summed E-state index contributed by atoms with van der Waals surface area (Å²) < 4.78 is 11.1. The molecular weight excluding hydrogens is 635 g/mol. The van der Waals surface area contributed by atoms with Gasteiger partial charge in [0.25, 0.3) is 0 Å². The number of ketones is 1. The average Bonchev–Trinajstić information content (AvgIpc) is 2.66. The Hall–Kier alpha value is 0.0816. The first kappa shape index (κ1) is 26.7. The van der Waals surface area contributed by atoms with Gasteiger partial charge < -0.3 is 35.0 Å². The van der Waals surface area contributed by atoms with Crippen LogP contribution in [0.2, 0.25) is 0 Å². The molecule has 3 aliphatic carbocycles. The molecule has 2 saturated carbocycles. The van der Waals surface area contributed by atoms with Gasteiger partial charge in [-0.2, -0.15) is 0 Å². The van der Waals surface area contributed by atoms with E-state index in [1.54, 1.807) is 20.8 Å². The van der Waals surface area contributed by atoms with Crippen LogP contribution in [0.3, 0.4) is 0 Å². The Bertz CT molecular complexity index is 871. The Morgan fingerprint density at radius 3 is 2.25 bits per heavy atom. The van der Waals surface area contributed by atoms with E-state index in [4.69, 9.17) is 9.47 Å². The van der Waals surface area contributed by atoms with Crippen LogP contribution < -0.4 is 0 Å². The van der Waals surface area contributed by atoms with Crippen molar-refractivity contribution in [3.8, 4) is 0 Å². The van der Waals surface area contributed by atoms with Crippen molar-refractivity contribution in [3.05, 3.63) is 11.1 Å². The molecule has 9 nitrogen and oxygen atoms in total. The summed E-state index contributed by atoms with van der Waals surface area (Å²) in [6.07, 6.45) is -6.80. The minimum absolute atomic E-state index is 0. The van der Waals surface area contributed by atoms with E-state index in [9.17, 15) is 35.1 Å². The molecule has 32 heavy (non-hydrogen) atoms. The number of rotatable bonds is 1. The van der Waals surface area contributed by atoms with Crippen molar-refractivity contribution in [2.24, 2.45) is 16.7 Å². The number of carbonyl (C=O) groups excluding carboxylic acids is 2. The number of fused-ring (bicyclic) bond motifs is 5. The summed E-state index contributed by atoms with van der Waals surface area (Å²) >= 11 is 0. The van der Waals surface area contributed by atoms with Gasteiger partial charge in [0.05, 0.1) is 30.3 Å². The van der Waals surface area contributed by atoms with Gasteiger partial charge in [0, 0.05) is 75.2 Å². The van der Waals surface area contributed by atoms with Gasteiger partial charge in [-0.05, 0) is 25.0 Å². The second kappa shape index (κ2) is 8.06. The van der Waals surface area contributed by atoms with Crippen molar-refractivity contribution in [1.82, 2.24) is 0 Å². The molecule has 4 rings (SSSR count). The fourth-order valence-corrected chi connectivity index (χ4v) is 6.69. The van der Waals surface area contributed by atoms with Crippen LogP contribution in [-0.4, -0.2) is 85.6 Å². The number of esters is 1. The van der Waals surface area contributed by atoms with Gasteiger partial charge >= 0.3 is 5.97 Å². The van der Waals surface area contributed by atoms with Gasteiger partial charge in [0.15, 0.2) is 5.78 Å². The van der Waals surface area contributed by atoms with Crippen molar-refractivity contribution in [2.75, 3.05) is 6.61 Å². The van der Waals surface area contributed by atoms with Gasteiger partial charge in [-0.15, -0.1) is 0 Å². The smallest absolute Gasteiger partial charge is 0.303 e. The molecule has 0 aromatic rings. The minimum atomic E-state index is -1.95. The van der Waals surface area contributed by atoms with Crippen molar-refractivity contribution in [2.45, 2.75) is 89.2 Å². The monoisotopic (exact) mass is 667 g/mol. The van der Waals surface area contributed by atoms with Gasteiger partial charge in [0.2, 0.25) is 0 Å². The number of aliphatic hydroxyl groups is 5. The molecule has 3 fully saturated rings. The average molecular weight is 667 g/mol. The summed E-state index contributed by atoms with van der Waals surface area (Å²) in [7, 11) is 0. The van der Waals surface area contributed by atoms with E-state index >= 15 is 0 Å². The summed E-state index contributed by atoms with van der Waals surface area (Å²) in [5.41, 5.74) is -6.17. The fraction of sp³-hybridized carbons (Fsp3) is 0.818. The first-order chi connectivity index (χ1) is 14.1. The van der Waals surface area contributed by atoms with Crippen LogP contribution in [0.5, 0.6) is 0 Å². The van der Waals surface area contributed by atoms with E-state index < -0.39 is 70.2 Å². The molecule has 0 aromatic heterocycles. The van der Waals surface area contributed by atoms with Crippen LogP contribution in [0.1, 0.15) is 47.5 Å². The Labute approximate surface area is 222 Å². The molecule has 2 bridgehead atoms. The summed E-state index contributed by atoms with van der Waals surface area (Å²) in [4.78, 5) is 25.9. The van der Waals surface area contributed by atoms with Crippen molar-refractivity contribution < 1.29 is 88.7 Å². The maximum atomic E-state index is 13.8. The Morgan fingerprint density at radius 1 is 1.16 bits per heavy atom. The first-order valence-electron chi connectivity index (χ1n) is 10.7. The number of hydrogen-bond donors (Lipinski definition) is 5. The van der Waals surface area contributed by atoms with E-state index in [0.717, 1.165) is 6.92 Å². The van der Waals surface area contributed by atoms with Crippen LogP contribution in [0.15, 0.2) is 11.1 Å². The molecule has 0 aromatic carbocycles.